The van der Waals surface area contributed by atoms with Gasteiger partial charge >= 0.3 is 0 Å². The highest BCUT2D eigenvalue weighted by Crippen LogP contribution is 2.41. The summed E-state index contributed by atoms with van der Waals surface area (Å²) in [5, 5.41) is 11.9. The van der Waals surface area contributed by atoms with E-state index < -0.39 is 0 Å². The van der Waals surface area contributed by atoms with Gasteiger partial charge in [0.15, 0.2) is 0 Å². The summed E-state index contributed by atoms with van der Waals surface area (Å²) >= 11 is 0. The van der Waals surface area contributed by atoms with Gasteiger partial charge in [-0.1, -0.05) is 13.8 Å². The lowest BCUT2D eigenvalue weighted by Gasteiger charge is -2.36. The summed E-state index contributed by atoms with van der Waals surface area (Å²) in [4.78, 5) is 12.6. The Morgan fingerprint density at radius 1 is 1.24 bits per heavy atom. The molecule has 0 saturated heterocycles. The van der Waals surface area contributed by atoms with Crippen molar-refractivity contribution in [2.45, 2.75) is 45.6 Å². The molecular formula is C22H26FN5O. The van der Waals surface area contributed by atoms with Crippen LogP contribution in [-0.4, -0.2) is 25.5 Å². The third kappa shape index (κ3) is 4.23. The molecule has 1 atom stereocenters. The molecule has 0 aliphatic heterocycles. The fourth-order valence-corrected chi connectivity index (χ4v) is 4.10. The fourth-order valence-electron chi connectivity index (χ4n) is 4.10. The Labute approximate surface area is 169 Å². The summed E-state index contributed by atoms with van der Waals surface area (Å²) < 4.78 is 16.9. The van der Waals surface area contributed by atoms with E-state index in [-0.39, 0.29) is 23.2 Å². The normalized spacial score (nSPS) is 17.7. The van der Waals surface area contributed by atoms with E-state index in [1.807, 2.05) is 24.1 Å². The van der Waals surface area contributed by atoms with Crippen molar-refractivity contribution in [3.8, 4) is 5.69 Å². The second kappa shape index (κ2) is 7.46. The molecular weight excluding hydrogens is 369 g/mol. The van der Waals surface area contributed by atoms with E-state index in [4.69, 9.17) is 0 Å². The van der Waals surface area contributed by atoms with Crippen LogP contribution in [0.4, 0.5) is 4.39 Å². The van der Waals surface area contributed by atoms with Gasteiger partial charge in [0.05, 0.1) is 29.8 Å². The minimum atomic E-state index is -0.270. The van der Waals surface area contributed by atoms with E-state index in [0.717, 1.165) is 35.3 Å². The highest BCUT2D eigenvalue weighted by atomic mass is 19.1. The number of carbonyl (C=O) groups is 1. The van der Waals surface area contributed by atoms with Crippen LogP contribution >= 0.6 is 0 Å². The first-order valence-electron chi connectivity index (χ1n) is 9.90. The summed E-state index contributed by atoms with van der Waals surface area (Å²) in [6.07, 6.45) is 8.35. The van der Waals surface area contributed by atoms with Gasteiger partial charge in [0.25, 0.3) is 0 Å². The Kier molecular flexibility index (Phi) is 4.98. The molecule has 29 heavy (non-hydrogen) atoms. The molecule has 1 aliphatic rings. The molecule has 0 spiro atoms. The Morgan fingerprint density at radius 3 is 2.69 bits per heavy atom. The molecule has 4 rings (SSSR count). The Balaban J connectivity index is 1.53. The van der Waals surface area contributed by atoms with Crippen LogP contribution in [0.2, 0.25) is 0 Å². The summed E-state index contributed by atoms with van der Waals surface area (Å²) in [5.41, 5.74) is 4.02. The van der Waals surface area contributed by atoms with Gasteiger partial charge < -0.3 is 5.32 Å². The lowest BCUT2D eigenvalue weighted by molar-refractivity contribution is -0.122. The van der Waals surface area contributed by atoms with Crippen LogP contribution in [-0.2, 0) is 24.7 Å². The summed E-state index contributed by atoms with van der Waals surface area (Å²) in [6.45, 7) is 4.40. The molecule has 152 valence electrons. The molecule has 7 heteroatoms. The van der Waals surface area contributed by atoms with Crippen molar-refractivity contribution < 1.29 is 9.18 Å². The van der Waals surface area contributed by atoms with E-state index in [2.05, 4.69) is 29.4 Å². The van der Waals surface area contributed by atoms with Crippen LogP contribution in [0, 0.1) is 11.2 Å². The van der Waals surface area contributed by atoms with Crippen molar-refractivity contribution in [1.29, 1.82) is 0 Å². The molecule has 6 nitrogen and oxygen atoms in total. The molecule has 1 aliphatic carbocycles. The maximum Gasteiger partial charge on any atom is 0.220 e. The number of halogens is 1. The first-order chi connectivity index (χ1) is 13.8. The predicted molar refractivity (Wildman–Crippen MR) is 108 cm³/mol. The molecule has 0 bridgehead atoms. The minimum absolute atomic E-state index is 0.0200. The molecule has 2 aromatic heterocycles. The maximum absolute atomic E-state index is 13.3. The molecule has 1 unspecified atom stereocenters. The molecule has 2 heterocycles. The number of benzene rings is 1. The molecule has 1 amide bonds. The molecule has 0 fully saturated rings. The van der Waals surface area contributed by atoms with Crippen LogP contribution < -0.4 is 5.32 Å². The number of rotatable bonds is 5. The number of fused-ring (bicyclic) bond motifs is 1. The van der Waals surface area contributed by atoms with Crippen LogP contribution in [0.3, 0.4) is 0 Å². The van der Waals surface area contributed by atoms with Gasteiger partial charge in [0.1, 0.15) is 5.82 Å². The van der Waals surface area contributed by atoms with Crippen LogP contribution in [0.15, 0.2) is 42.9 Å². The largest absolute Gasteiger partial charge is 0.349 e. The maximum atomic E-state index is 13.3. The van der Waals surface area contributed by atoms with E-state index in [9.17, 15) is 9.18 Å². The van der Waals surface area contributed by atoms with Crippen LogP contribution in [0.1, 0.15) is 49.6 Å². The smallest absolute Gasteiger partial charge is 0.220 e. The number of aromatic nitrogens is 4. The number of amides is 1. The van der Waals surface area contributed by atoms with Crippen molar-refractivity contribution >= 4 is 5.91 Å². The second-order valence-electron chi connectivity index (χ2n) is 8.62. The number of nitrogens with one attached hydrogen (secondary N) is 1. The van der Waals surface area contributed by atoms with Gasteiger partial charge in [-0.2, -0.15) is 10.2 Å². The average Bonchev–Trinajstić information content (AvgIpc) is 3.26. The van der Waals surface area contributed by atoms with Crippen molar-refractivity contribution in [3.05, 3.63) is 65.5 Å². The van der Waals surface area contributed by atoms with Gasteiger partial charge in [-0.3, -0.25) is 9.48 Å². The van der Waals surface area contributed by atoms with Crippen molar-refractivity contribution in [2.24, 2.45) is 12.5 Å². The van der Waals surface area contributed by atoms with Gasteiger partial charge in [0.2, 0.25) is 5.91 Å². The number of nitrogens with zero attached hydrogens (tertiary/aromatic N) is 4. The van der Waals surface area contributed by atoms with Crippen LogP contribution in [0.25, 0.3) is 5.69 Å². The summed E-state index contributed by atoms with van der Waals surface area (Å²) in [6, 6.07) is 6.26. The van der Waals surface area contributed by atoms with Crippen molar-refractivity contribution in [1.82, 2.24) is 24.9 Å². The molecule has 1 N–H and O–H groups in total. The SMILES string of the molecule is Cn1cc(CCC(=O)NC2CC(C)(C)Cc3c2cnn3-c2ccc(F)cc2)cn1. The average molecular weight is 395 g/mol. The Hall–Kier alpha value is -2.96. The van der Waals surface area contributed by atoms with Gasteiger partial charge in [-0.15, -0.1) is 0 Å². The molecule has 0 saturated carbocycles. The monoisotopic (exact) mass is 395 g/mol. The highest BCUT2D eigenvalue weighted by molar-refractivity contribution is 5.76. The van der Waals surface area contributed by atoms with E-state index in [1.165, 1.54) is 12.1 Å². The van der Waals surface area contributed by atoms with Crippen molar-refractivity contribution in [3.63, 3.8) is 0 Å². The number of aryl methyl sites for hydroxylation is 2. The fraction of sp³-hybridized carbons (Fsp3) is 0.409. The standard InChI is InChI=1S/C22H26FN5O/c1-22(2)10-19(26-21(29)9-4-15-12-24-27(3)14-15)18-13-25-28(20(18)11-22)17-7-5-16(23)6-8-17/h5-8,12-14,19H,4,9-11H2,1-3H3,(H,26,29). The third-order valence-electron chi connectivity index (χ3n) is 5.48. The number of hydrogen-bond acceptors (Lipinski definition) is 3. The highest BCUT2D eigenvalue weighted by Gasteiger charge is 2.35. The van der Waals surface area contributed by atoms with Gasteiger partial charge in [-0.25, -0.2) is 9.07 Å². The lowest BCUT2D eigenvalue weighted by Crippen LogP contribution is -2.36. The topological polar surface area (TPSA) is 64.7 Å². The summed E-state index contributed by atoms with van der Waals surface area (Å²) in [7, 11) is 1.87. The zero-order chi connectivity index (χ0) is 20.6. The second-order valence-corrected chi connectivity index (χ2v) is 8.62. The first-order valence-corrected chi connectivity index (χ1v) is 9.90. The van der Waals surface area contributed by atoms with Gasteiger partial charge in [-0.05, 0) is 54.5 Å². The zero-order valence-corrected chi connectivity index (χ0v) is 17.0. The summed E-state index contributed by atoms with van der Waals surface area (Å²) in [5.74, 6) is -0.245. The predicted octanol–water partition coefficient (Wildman–Crippen LogP) is 3.51. The number of carbonyl (C=O) groups excluding carboxylic acids is 1. The first kappa shape index (κ1) is 19.4. The quantitative estimate of drug-likeness (QED) is 0.719. The lowest BCUT2D eigenvalue weighted by atomic mass is 9.74. The van der Waals surface area contributed by atoms with E-state index in [0.29, 0.717) is 12.8 Å². The Bertz CT molecular complexity index is 1020. The zero-order valence-electron chi connectivity index (χ0n) is 17.0. The molecule has 3 aromatic rings. The van der Waals surface area contributed by atoms with Crippen LogP contribution in [0.5, 0.6) is 0 Å². The number of hydrogen-bond donors (Lipinski definition) is 1. The van der Waals surface area contributed by atoms with Crippen molar-refractivity contribution in [2.75, 3.05) is 0 Å². The Morgan fingerprint density at radius 2 is 2.00 bits per heavy atom. The minimum Gasteiger partial charge on any atom is -0.349 e. The molecule has 0 radical (unpaired) electrons. The van der Waals surface area contributed by atoms with E-state index in [1.54, 1.807) is 23.0 Å². The third-order valence-corrected chi connectivity index (χ3v) is 5.48. The van der Waals surface area contributed by atoms with E-state index >= 15 is 0 Å². The van der Waals surface area contributed by atoms with Gasteiger partial charge in [0, 0.05) is 25.2 Å². The molecule has 1 aromatic carbocycles.